The van der Waals surface area contributed by atoms with Gasteiger partial charge >= 0.3 is 5.97 Å². The summed E-state index contributed by atoms with van der Waals surface area (Å²) in [7, 11) is 0. The van der Waals surface area contributed by atoms with Gasteiger partial charge in [0.15, 0.2) is 5.16 Å². The van der Waals surface area contributed by atoms with Gasteiger partial charge in [0.1, 0.15) is 15.7 Å². The Morgan fingerprint density at radius 3 is 2.64 bits per heavy atom. The molecule has 1 unspecified atom stereocenters. The molecule has 0 aliphatic carbocycles. The van der Waals surface area contributed by atoms with Crippen LogP contribution in [0.5, 0.6) is 0 Å². The molecule has 8 heteroatoms. The van der Waals surface area contributed by atoms with E-state index < -0.39 is 10.7 Å². The molecule has 1 aromatic carbocycles. The molecule has 2 rings (SSSR count). The Morgan fingerprint density at radius 1 is 1.36 bits per heavy atom. The summed E-state index contributed by atoms with van der Waals surface area (Å²) in [5.41, 5.74) is 3.12. The first-order valence-electron chi connectivity index (χ1n) is 7.66. The molecule has 1 heterocycles. The van der Waals surface area contributed by atoms with Crippen molar-refractivity contribution in [3.8, 4) is 0 Å². The summed E-state index contributed by atoms with van der Waals surface area (Å²) in [4.78, 5) is 20.1. The second kappa shape index (κ2) is 7.93. The number of halogens is 2. The summed E-state index contributed by atoms with van der Waals surface area (Å²) in [5, 5.41) is 13.3. The average molecular weight is 445 g/mol. The van der Waals surface area contributed by atoms with Crippen LogP contribution in [0.1, 0.15) is 31.4 Å². The number of thioether (sulfide) groups is 1. The Hall–Kier alpha value is -1.31. The van der Waals surface area contributed by atoms with Crippen LogP contribution in [0.3, 0.4) is 0 Å². The third-order valence-electron chi connectivity index (χ3n) is 4.10. The fourth-order valence-corrected chi connectivity index (χ4v) is 3.62. The molecule has 0 saturated heterocycles. The van der Waals surface area contributed by atoms with Crippen molar-refractivity contribution in [2.45, 2.75) is 44.0 Å². The van der Waals surface area contributed by atoms with E-state index in [0.29, 0.717) is 17.4 Å². The molecule has 2 aromatic rings. The number of aromatic nitrogens is 2. The number of rotatable bonds is 6. The quantitative estimate of drug-likeness (QED) is 0.343. The lowest BCUT2D eigenvalue weighted by molar-refractivity contribution is -0.139. The number of carbonyl (C=O) groups is 1. The zero-order chi connectivity index (χ0) is 18.8. The van der Waals surface area contributed by atoms with Crippen molar-refractivity contribution in [2.24, 2.45) is 0 Å². The van der Waals surface area contributed by atoms with Crippen molar-refractivity contribution in [3.05, 3.63) is 39.0 Å². The molecule has 0 spiro atoms. The van der Waals surface area contributed by atoms with Gasteiger partial charge < -0.3 is 10.4 Å². The lowest BCUT2D eigenvalue weighted by Gasteiger charge is -2.21. The molecule has 25 heavy (non-hydrogen) atoms. The number of carboxylic acid groups (broad SMARTS) is 1. The van der Waals surface area contributed by atoms with E-state index in [2.05, 4.69) is 31.2 Å². The number of carboxylic acids is 1. The highest BCUT2D eigenvalue weighted by Gasteiger charge is 2.33. The third-order valence-corrected chi connectivity index (χ3v) is 6.43. The Kier molecular flexibility index (Phi) is 6.35. The standard InChI is InChI=1S/C17H19BrClN3O2S/c1-5-17(4,15(23)24)25-16-21-13(19)8-14(22-16)20-12-7-6-11(18)9(2)10(12)3/h6-8H,5H2,1-4H3,(H,23,24)(H,20,21,22). The lowest BCUT2D eigenvalue weighted by atomic mass is 10.1. The van der Waals surface area contributed by atoms with Gasteiger partial charge in [-0.1, -0.05) is 46.2 Å². The predicted octanol–water partition coefficient (Wildman–Crippen LogP) is 5.60. The van der Waals surface area contributed by atoms with Gasteiger partial charge in [0, 0.05) is 16.2 Å². The van der Waals surface area contributed by atoms with Gasteiger partial charge in [-0.25, -0.2) is 9.97 Å². The second-order valence-corrected chi connectivity index (χ2v) is 8.53. The van der Waals surface area contributed by atoms with Crippen LogP contribution in [0.25, 0.3) is 0 Å². The molecule has 2 N–H and O–H groups in total. The van der Waals surface area contributed by atoms with Crippen molar-refractivity contribution in [2.75, 3.05) is 5.32 Å². The predicted molar refractivity (Wildman–Crippen MR) is 106 cm³/mol. The number of nitrogens with zero attached hydrogens (tertiary/aromatic N) is 2. The lowest BCUT2D eigenvalue weighted by Crippen LogP contribution is -2.30. The van der Waals surface area contributed by atoms with Gasteiger partial charge in [-0.15, -0.1) is 0 Å². The van der Waals surface area contributed by atoms with Gasteiger partial charge in [0.2, 0.25) is 0 Å². The maximum absolute atomic E-state index is 11.5. The van der Waals surface area contributed by atoms with Gasteiger partial charge in [0.25, 0.3) is 0 Å². The van der Waals surface area contributed by atoms with E-state index in [1.807, 2.05) is 32.9 Å². The molecule has 0 bridgehead atoms. The molecule has 5 nitrogen and oxygen atoms in total. The molecule has 0 aliphatic rings. The van der Waals surface area contributed by atoms with Gasteiger partial charge in [-0.2, -0.15) is 0 Å². The topological polar surface area (TPSA) is 75.1 Å². The van der Waals surface area contributed by atoms with Crippen LogP contribution in [0, 0.1) is 13.8 Å². The van der Waals surface area contributed by atoms with Gasteiger partial charge in [-0.05, 0) is 50.5 Å². The zero-order valence-electron chi connectivity index (χ0n) is 14.4. The summed E-state index contributed by atoms with van der Waals surface area (Å²) >= 11 is 10.7. The number of aliphatic carboxylic acids is 1. The molecular formula is C17H19BrClN3O2S. The summed E-state index contributed by atoms with van der Waals surface area (Å²) in [6.07, 6.45) is 0.441. The Bertz CT molecular complexity index is 819. The minimum absolute atomic E-state index is 0.260. The van der Waals surface area contributed by atoms with Crippen molar-refractivity contribution < 1.29 is 9.90 Å². The number of hydrogen-bond acceptors (Lipinski definition) is 5. The third kappa shape index (κ3) is 4.65. The van der Waals surface area contributed by atoms with Crippen LogP contribution in [0.2, 0.25) is 5.15 Å². The van der Waals surface area contributed by atoms with Crippen molar-refractivity contribution in [1.29, 1.82) is 0 Å². The molecule has 0 aliphatic heterocycles. The van der Waals surface area contributed by atoms with E-state index in [4.69, 9.17) is 11.6 Å². The maximum Gasteiger partial charge on any atom is 0.319 e. The van der Waals surface area contributed by atoms with E-state index in [0.717, 1.165) is 33.0 Å². The highest BCUT2D eigenvalue weighted by molar-refractivity contribution is 9.10. The number of hydrogen-bond donors (Lipinski definition) is 2. The van der Waals surface area contributed by atoms with Crippen LogP contribution in [-0.2, 0) is 4.79 Å². The Morgan fingerprint density at radius 2 is 2.04 bits per heavy atom. The summed E-state index contributed by atoms with van der Waals surface area (Å²) < 4.78 is 0.0270. The van der Waals surface area contributed by atoms with E-state index in [9.17, 15) is 9.90 Å². The van der Waals surface area contributed by atoms with Gasteiger partial charge in [-0.3, -0.25) is 4.79 Å². The Balaban J connectivity index is 2.34. The van der Waals surface area contributed by atoms with Crippen molar-refractivity contribution in [1.82, 2.24) is 9.97 Å². The smallest absolute Gasteiger partial charge is 0.319 e. The SMILES string of the molecule is CCC(C)(Sc1nc(Cl)cc(Nc2ccc(Br)c(C)c2C)n1)C(=O)O. The minimum atomic E-state index is -1.01. The summed E-state index contributed by atoms with van der Waals surface area (Å²) in [6.45, 7) is 7.51. The first-order chi connectivity index (χ1) is 11.7. The highest BCUT2D eigenvalue weighted by Crippen LogP contribution is 2.35. The first kappa shape index (κ1) is 20.0. The molecule has 1 aromatic heterocycles. The monoisotopic (exact) mass is 443 g/mol. The second-order valence-electron chi connectivity index (χ2n) is 5.82. The van der Waals surface area contributed by atoms with Crippen molar-refractivity contribution >= 4 is 56.8 Å². The molecular weight excluding hydrogens is 426 g/mol. The van der Waals surface area contributed by atoms with E-state index in [1.165, 1.54) is 0 Å². The van der Waals surface area contributed by atoms with Crippen LogP contribution < -0.4 is 5.32 Å². The largest absolute Gasteiger partial charge is 0.480 e. The van der Waals surface area contributed by atoms with E-state index in [-0.39, 0.29) is 5.15 Å². The van der Waals surface area contributed by atoms with E-state index in [1.54, 1.807) is 13.0 Å². The zero-order valence-corrected chi connectivity index (χ0v) is 17.5. The maximum atomic E-state index is 11.5. The van der Waals surface area contributed by atoms with Crippen LogP contribution in [0.15, 0.2) is 27.8 Å². The average Bonchev–Trinajstić information content (AvgIpc) is 2.54. The molecule has 0 radical (unpaired) electrons. The fourth-order valence-electron chi connectivity index (χ4n) is 2.04. The molecule has 1 atom stereocenters. The Labute approximate surface area is 164 Å². The van der Waals surface area contributed by atoms with E-state index >= 15 is 0 Å². The summed E-state index contributed by atoms with van der Waals surface area (Å²) in [5.74, 6) is -0.381. The van der Waals surface area contributed by atoms with Crippen LogP contribution >= 0.6 is 39.3 Å². The van der Waals surface area contributed by atoms with Crippen LogP contribution in [-0.4, -0.2) is 25.8 Å². The molecule has 0 saturated carbocycles. The van der Waals surface area contributed by atoms with Crippen molar-refractivity contribution in [3.63, 3.8) is 0 Å². The normalized spacial score (nSPS) is 13.4. The molecule has 0 fully saturated rings. The number of nitrogens with one attached hydrogen (secondary N) is 1. The highest BCUT2D eigenvalue weighted by atomic mass is 79.9. The number of anilines is 2. The first-order valence-corrected chi connectivity index (χ1v) is 9.64. The minimum Gasteiger partial charge on any atom is -0.480 e. The molecule has 134 valence electrons. The fraction of sp³-hybridized carbons (Fsp3) is 0.353. The molecule has 0 amide bonds. The summed E-state index contributed by atoms with van der Waals surface area (Å²) in [6, 6.07) is 5.52. The van der Waals surface area contributed by atoms with Crippen LogP contribution in [0.4, 0.5) is 11.5 Å². The van der Waals surface area contributed by atoms with Gasteiger partial charge in [0.05, 0.1) is 0 Å². The number of benzene rings is 1.